The zero-order valence-electron chi connectivity index (χ0n) is 14.2. The molecule has 0 aromatic heterocycles. The third-order valence-electron chi connectivity index (χ3n) is 7.26. The maximum absolute atomic E-state index is 4.53. The summed E-state index contributed by atoms with van der Waals surface area (Å²) in [5, 5.41) is 1.14. The summed E-state index contributed by atoms with van der Waals surface area (Å²) in [6.07, 6.45) is 11.5. The smallest absolute Gasteiger partial charge is 0.0208 e. The molecule has 3 aliphatic rings. The van der Waals surface area contributed by atoms with E-state index < -0.39 is 0 Å². The molecule has 3 rings (SSSR count). The second kappa shape index (κ2) is 6.06. The van der Waals surface area contributed by atoms with E-state index in [-0.39, 0.29) is 0 Å². The monoisotopic (exact) mass is 428 g/mol. The van der Waals surface area contributed by atoms with Gasteiger partial charge in [-0.3, -0.25) is 0 Å². The van der Waals surface area contributed by atoms with Crippen LogP contribution in [0.5, 0.6) is 0 Å². The zero-order valence-corrected chi connectivity index (χ0v) is 17.4. The lowest BCUT2D eigenvalue weighted by Crippen LogP contribution is -2.57. The molecule has 0 spiro atoms. The molecule has 2 heteroatoms. The van der Waals surface area contributed by atoms with Crippen molar-refractivity contribution < 1.29 is 0 Å². The SMILES string of the molecule is C=C1CC[C@H](Br)[C@@]2(C)CC[C@]3(CBr)C(C(C)C)CC=C[C@H]3C12. The van der Waals surface area contributed by atoms with Gasteiger partial charge in [0.2, 0.25) is 0 Å². The third-order valence-corrected chi connectivity index (χ3v) is 9.81. The van der Waals surface area contributed by atoms with E-state index in [1.165, 1.54) is 37.7 Å². The van der Waals surface area contributed by atoms with Crippen LogP contribution in [0.2, 0.25) is 0 Å². The van der Waals surface area contributed by atoms with Crippen molar-refractivity contribution in [1.29, 1.82) is 0 Å². The van der Waals surface area contributed by atoms with Gasteiger partial charge in [-0.05, 0) is 66.6 Å². The van der Waals surface area contributed by atoms with Gasteiger partial charge in [0.1, 0.15) is 0 Å². The summed E-state index contributed by atoms with van der Waals surface area (Å²) in [6, 6.07) is 0. The van der Waals surface area contributed by atoms with Crippen LogP contribution in [0.15, 0.2) is 24.3 Å². The molecule has 2 unspecified atom stereocenters. The number of halogens is 2. The molecule has 0 amide bonds. The van der Waals surface area contributed by atoms with Crippen molar-refractivity contribution in [1.82, 2.24) is 0 Å². The predicted molar refractivity (Wildman–Crippen MR) is 104 cm³/mol. The van der Waals surface area contributed by atoms with Crippen molar-refractivity contribution in [2.24, 2.45) is 34.5 Å². The van der Waals surface area contributed by atoms with E-state index in [2.05, 4.69) is 71.4 Å². The highest BCUT2D eigenvalue weighted by atomic mass is 79.9. The molecular formula is C20H30Br2. The molecular weight excluding hydrogens is 400 g/mol. The Bertz CT molecular complexity index is 480. The van der Waals surface area contributed by atoms with E-state index >= 15 is 0 Å². The maximum atomic E-state index is 4.53. The molecule has 0 heterocycles. The Kier molecular flexibility index (Phi) is 4.76. The number of hydrogen-bond donors (Lipinski definition) is 0. The van der Waals surface area contributed by atoms with Crippen molar-refractivity contribution in [2.45, 2.75) is 57.7 Å². The van der Waals surface area contributed by atoms with Gasteiger partial charge in [0.15, 0.2) is 0 Å². The first-order valence-electron chi connectivity index (χ1n) is 8.91. The lowest BCUT2D eigenvalue weighted by Gasteiger charge is -2.62. The predicted octanol–water partition coefficient (Wildman–Crippen LogP) is 6.75. The van der Waals surface area contributed by atoms with Crippen LogP contribution in [-0.2, 0) is 0 Å². The number of alkyl halides is 2. The second-order valence-corrected chi connectivity index (χ2v) is 10.2. The molecule has 22 heavy (non-hydrogen) atoms. The molecule has 0 bridgehead atoms. The highest BCUT2D eigenvalue weighted by Gasteiger charge is 2.59. The van der Waals surface area contributed by atoms with Crippen LogP contribution in [0.1, 0.15) is 52.9 Å². The summed E-state index contributed by atoms with van der Waals surface area (Å²) >= 11 is 7.98. The standard InChI is InChI=1S/C20H30Br2/c1-13(2)15-6-5-7-16-18-14(3)8-9-17(22)19(18,4)10-11-20(15,16)12-21/h5,7,13,15-18H,3,6,8-12H2,1-2,4H3/t15?,16-,17-,18?,19+,20-/m0/s1. The Morgan fingerprint density at radius 2 is 2.09 bits per heavy atom. The molecule has 2 fully saturated rings. The first kappa shape index (κ1) is 17.3. The van der Waals surface area contributed by atoms with Crippen LogP contribution >= 0.6 is 31.9 Å². The van der Waals surface area contributed by atoms with Gasteiger partial charge in [-0.1, -0.05) is 76.9 Å². The Morgan fingerprint density at radius 3 is 2.73 bits per heavy atom. The fourth-order valence-electron chi connectivity index (χ4n) is 5.97. The maximum Gasteiger partial charge on any atom is 0.0208 e. The Morgan fingerprint density at radius 1 is 1.36 bits per heavy atom. The molecule has 0 aromatic carbocycles. The Labute approximate surface area is 153 Å². The summed E-state index contributed by atoms with van der Waals surface area (Å²) in [7, 11) is 0. The molecule has 3 aliphatic carbocycles. The first-order chi connectivity index (χ1) is 10.4. The molecule has 0 saturated heterocycles. The molecule has 0 aliphatic heterocycles. The number of allylic oxidation sites excluding steroid dienone is 3. The topological polar surface area (TPSA) is 0 Å². The van der Waals surface area contributed by atoms with E-state index in [4.69, 9.17) is 0 Å². The number of hydrogen-bond acceptors (Lipinski definition) is 0. The lowest BCUT2D eigenvalue weighted by atomic mass is 9.44. The summed E-state index contributed by atoms with van der Waals surface area (Å²) in [4.78, 5) is 0.650. The van der Waals surface area contributed by atoms with Crippen LogP contribution in [0.3, 0.4) is 0 Å². The highest BCUT2D eigenvalue weighted by molar-refractivity contribution is 9.09. The van der Waals surface area contributed by atoms with Crippen LogP contribution in [0.25, 0.3) is 0 Å². The lowest BCUT2D eigenvalue weighted by molar-refractivity contribution is -0.0553. The van der Waals surface area contributed by atoms with Crippen molar-refractivity contribution in [3.05, 3.63) is 24.3 Å². The second-order valence-electron chi connectivity index (χ2n) is 8.55. The van der Waals surface area contributed by atoms with Crippen LogP contribution < -0.4 is 0 Å². The fraction of sp³-hybridized carbons (Fsp3) is 0.800. The Hall–Kier alpha value is 0.440. The number of fused-ring (bicyclic) bond motifs is 3. The Balaban J connectivity index is 2.07. The van der Waals surface area contributed by atoms with E-state index in [1.807, 2.05) is 0 Å². The van der Waals surface area contributed by atoms with Crippen molar-refractivity contribution in [2.75, 3.05) is 5.33 Å². The molecule has 6 atom stereocenters. The van der Waals surface area contributed by atoms with Gasteiger partial charge in [0.25, 0.3) is 0 Å². The minimum atomic E-state index is 0.384. The zero-order chi connectivity index (χ0) is 16.1. The van der Waals surface area contributed by atoms with Gasteiger partial charge in [0.05, 0.1) is 0 Å². The van der Waals surface area contributed by atoms with Gasteiger partial charge < -0.3 is 0 Å². The molecule has 124 valence electrons. The molecule has 0 aromatic rings. The quantitative estimate of drug-likeness (QED) is 0.336. The van der Waals surface area contributed by atoms with Gasteiger partial charge in [-0.2, -0.15) is 0 Å². The van der Waals surface area contributed by atoms with Crippen molar-refractivity contribution >= 4 is 31.9 Å². The average molecular weight is 430 g/mol. The van der Waals surface area contributed by atoms with E-state index in [0.29, 0.717) is 27.5 Å². The minimum Gasteiger partial charge on any atom is -0.0995 e. The van der Waals surface area contributed by atoms with Crippen LogP contribution in [-0.4, -0.2) is 10.2 Å². The highest BCUT2D eigenvalue weighted by Crippen LogP contribution is 2.66. The number of rotatable bonds is 2. The van der Waals surface area contributed by atoms with Crippen LogP contribution in [0.4, 0.5) is 0 Å². The molecule has 0 nitrogen and oxygen atoms in total. The summed E-state index contributed by atoms with van der Waals surface area (Å²) in [5.41, 5.74) is 2.33. The van der Waals surface area contributed by atoms with E-state index in [0.717, 1.165) is 17.2 Å². The van der Waals surface area contributed by atoms with Gasteiger partial charge in [-0.25, -0.2) is 0 Å². The summed E-state index contributed by atoms with van der Waals surface area (Å²) in [6.45, 7) is 11.9. The van der Waals surface area contributed by atoms with E-state index in [1.54, 1.807) is 0 Å². The molecule has 0 N–H and O–H groups in total. The van der Waals surface area contributed by atoms with Gasteiger partial charge >= 0.3 is 0 Å². The van der Waals surface area contributed by atoms with E-state index in [9.17, 15) is 0 Å². The van der Waals surface area contributed by atoms with Crippen molar-refractivity contribution in [3.8, 4) is 0 Å². The largest absolute Gasteiger partial charge is 0.0995 e. The van der Waals surface area contributed by atoms with Crippen molar-refractivity contribution in [3.63, 3.8) is 0 Å². The van der Waals surface area contributed by atoms with Gasteiger partial charge in [-0.15, -0.1) is 0 Å². The summed E-state index contributed by atoms with van der Waals surface area (Å²) in [5.74, 6) is 2.87. The van der Waals surface area contributed by atoms with Gasteiger partial charge in [0, 0.05) is 10.2 Å². The minimum absolute atomic E-state index is 0.384. The first-order valence-corrected chi connectivity index (χ1v) is 10.9. The normalized spacial score (nSPS) is 48.2. The molecule has 2 saturated carbocycles. The average Bonchev–Trinajstić information content (AvgIpc) is 2.50. The fourth-order valence-corrected chi connectivity index (χ4v) is 7.78. The summed E-state index contributed by atoms with van der Waals surface area (Å²) < 4.78 is 0. The van der Waals surface area contributed by atoms with Crippen LogP contribution in [0, 0.1) is 34.5 Å². The third kappa shape index (κ3) is 2.34. The molecule has 0 radical (unpaired) electrons.